The monoisotopic (exact) mass is 484 g/mol. The molecule has 10 heteroatoms. The van der Waals surface area contributed by atoms with Gasteiger partial charge < -0.3 is 9.64 Å². The number of sulfonamides is 1. The fourth-order valence-electron chi connectivity index (χ4n) is 5.08. The highest BCUT2D eigenvalue weighted by molar-refractivity contribution is 7.89. The van der Waals surface area contributed by atoms with Crippen LogP contribution in [0, 0.1) is 23.6 Å². The van der Waals surface area contributed by atoms with Gasteiger partial charge in [0.15, 0.2) is 0 Å². The van der Waals surface area contributed by atoms with Crippen LogP contribution in [-0.2, 0) is 27.4 Å². The Morgan fingerprint density at radius 3 is 2.18 bits per heavy atom. The Kier molecular flexibility index (Phi) is 5.65. The molecule has 3 aliphatic rings. The molecule has 2 atom stereocenters. The number of anilines is 1. The van der Waals surface area contributed by atoms with Crippen LogP contribution in [0.5, 0.6) is 0 Å². The van der Waals surface area contributed by atoms with Crippen LogP contribution in [0.25, 0.3) is 0 Å². The van der Waals surface area contributed by atoms with Gasteiger partial charge in [0.05, 0.1) is 29.4 Å². The Morgan fingerprint density at radius 2 is 1.61 bits per heavy atom. The molecule has 0 bridgehead atoms. The third-order valence-corrected chi connectivity index (χ3v) is 8.84. The third kappa shape index (κ3) is 4.36. The van der Waals surface area contributed by atoms with Gasteiger partial charge in [-0.25, -0.2) is 12.8 Å². The van der Waals surface area contributed by atoms with Crippen molar-refractivity contribution in [2.24, 2.45) is 17.8 Å². The zero-order valence-electron chi connectivity index (χ0n) is 17.8. The average molecular weight is 485 g/mol. The Balaban J connectivity index is 1.20. The third-order valence-electron chi connectivity index (χ3n) is 6.99. The summed E-state index contributed by atoms with van der Waals surface area (Å²) in [4.78, 5) is 1.84. The van der Waals surface area contributed by atoms with E-state index in [-0.39, 0.29) is 28.5 Å². The molecule has 5 rings (SSSR count). The summed E-state index contributed by atoms with van der Waals surface area (Å²) in [6.45, 7) is 3.16. The second-order valence-electron chi connectivity index (χ2n) is 8.93. The van der Waals surface area contributed by atoms with Gasteiger partial charge in [0.2, 0.25) is 10.0 Å². The van der Waals surface area contributed by atoms with Crippen LogP contribution in [0.15, 0.2) is 47.4 Å². The predicted molar refractivity (Wildman–Crippen MR) is 114 cm³/mol. The standard InChI is InChI=1S/C23H24F4N2O3S/c24-21-12-15(1-6-22(21)28-7-9-32-10-8-28)11-18-19-13-29(14-20(18)19)33(30,31)17-4-2-16(3-5-17)23(25,26)27/h1-6,12,18-20H,7-11,13-14H2. The van der Waals surface area contributed by atoms with Crippen molar-refractivity contribution in [3.63, 3.8) is 0 Å². The molecule has 0 spiro atoms. The summed E-state index contributed by atoms with van der Waals surface area (Å²) in [5.74, 6) is 0.414. The molecule has 1 saturated carbocycles. The van der Waals surface area contributed by atoms with Crippen molar-refractivity contribution >= 4 is 15.7 Å². The highest BCUT2D eigenvalue weighted by atomic mass is 32.2. The van der Waals surface area contributed by atoms with E-state index < -0.39 is 21.8 Å². The van der Waals surface area contributed by atoms with Crippen LogP contribution in [0.3, 0.4) is 0 Å². The lowest BCUT2D eigenvalue weighted by molar-refractivity contribution is -0.137. The maximum Gasteiger partial charge on any atom is 0.416 e. The summed E-state index contributed by atoms with van der Waals surface area (Å²) < 4.78 is 85.2. The summed E-state index contributed by atoms with van der Waals surface area (Å²) in [5.41, 5.74) is 0.588. The van der Waals surface area contributed by atoms with Crippen molar-refractivity contribution in [1.29, 1.82) is 0 Å². The Bertz CT molecular complexity index is 1120. The zero-order valence-corrected chi connectivity index (χ0v) is 18.6. The minimum Gasteiger partial charge on any atom is -0.378 e. The molecule has 0 amide bonds. The summed E-state index contributed by atoms with van der Waals surface area (Å²) in [6.07, 6.45) is -3.82. The summed E-state index contributed by atoms with van der Waals surface area (Å²) in [5, 5.41) is 0. The lowest BCUT2D eigenvalue weighted by Gasteiger charge is -2.29. The smallest absolute Gasteiger partial charge is 0.378 e. The van der Waals surface area contributed by atoms with E-state index in [0.717, 1.165) is 29.8 Å². The Labute approximate surface area is 190 Å². The number of nitrogens with zero attached hydrogens (tertiary/aromatic N) is 2. The molecule has 0 aromatic heterocycles. The largest absolute Gasteiger partial charge is 0.416 e. The maximum absolute atomic E-state index is 14.7. The molecule has 2 heterocycles. The number of hydrogen-bond donors (Lipinski definition) is 0. The lowest BCUT2D eigenvalue weighted by Crippen LogP contribution is -2.36. The maximum atomic E-state index is 14.7. The number of ether oxygens (including phenoxy) is 1. The number of benzene rings is 2. The zero-order chi connectivity index (χ0) is 23.4. The van der Waals surface area contributed by atoms with Gasteiger partial charge in [0.25, 0.3) is 0 Å². The van der Waals surface area contributed by atoms with Crippen LogP contribution in [-0.4, -0.2) is 52.1 Å². The molecule has 1 aliphatic carbocycles. The van der Waals surface area contributed by atoms with Crippen LogP contribution in [0.4, 0.5) is 23.2 Å². The molecular formula is C23H24F4N2O3S. The highest BCUT2D eigenvalue weighted by Crippen LogP contribution is 2.54. The molecule has 2 aliphatic heterocycles. The molecular weight excluding hydrogens is 460 g/mol. The first kappa shape index (κ1) is 22.6. The number of piperidine rings is 1. The fourth-order valence-corrected chi connectivity index (χ4v) is 6.60. The van der Waals surface area contributed by atoms with E-state index in [1.54, 1.807) is 12.1 Å². The first-order chi connectivity index (χ1) is 15.6. The van der Waals surface area contributed by atoms with Crippen molar-refractivity contribution in [2.75, 3.05) is 44.3 Å². The molecule has 2 saturated heterocycles. The predicted octanol–water partition coefficient (Wildman–Crippen LogP) is 3.79. The van der Waals surface area contributed by atoms with Gasteiger partial charge in [0.1, 0.15) is 5.82 Å². The first-order valence-electron chi connectivity index (χ1n) is 10.9. The van der Waals surface area contributed by atoms with Crippen molar-refractivity contribution < 1.29 is 30.7 Å². The molecule has 178 valence electrons. The van der Waals surface area contributed by atoms with Crippen molar-refractivity contribution in [2.45, 2.75) is 17.5 Å². The molecule has 5 nitrogen and oxygen atoms in total. The van der Waals surface area contributed by atoms with Crippen molar-refractivity contribution in [3.8, 4) is 0 Å². The second-order valence-corrected chi connectivity index (χ2v) is 10.9. The van der Waals surface area contributed by atoms with Crippen LogP contribution in [0.2, 0.25) is 0 Å². The summed E-state index contributed by atoms with van der Waals surface area (Å²) >= 11 is 0. The van der Waals surface area contributed by atoms with E-state index >= 15 is 0 Å². The molecule has 33 heavy (non-hydrogen) atoms. The minimum absolute atomic E-state index is 0.130. The van der Waals surface area contributed by atoms with E-state index in [2.05, 4.69) is 0 Å². The molecule has 2 aromatic rings. The summed E-state index contributed by atoms with van der Waals surface area (Å²) in [7, 11) is -3.83. The van der Waals surface area contributed by atoms with Gasteiger partial charge in [-0.1, -0.05) is 6.07 Å². The van der Waals surface area contributed by atoms with Crippen molar-refractivity contribution in [1.82, 2.24) is 4.31 Å². The van der Waals surface area contributed by atoms with E-state index in [4.69, 9.17) is 4.74 Å². The lowest BCUT2D eigenvalue weighted by atomic mass is 10.0. The molecule has 3 fully saturated rings. The van der Waals surface area contributed by atoms with E-state index in [9.17, 15) is 26.0 Å². The van der Waals surface area contributed by atoms with Gasteiger partial charge in [-0.2, -0.15) is 17.5 Å². The van der Waals surface area contributed by atoms with Gasteiger partial charge in [-0.15, -0.1) is 0 Å². The SMILES string of the molecule is O=S(=O)(c1ccc(C(F)(F)F)cc1)N1CC2C(Cc3ccc(N4CCOCC4)c(F)c3)C2C1. The number of alkyl halides is 3. The van der Waals surface area contributed by atoms with Gasteiger partial charge in [-0.05, 0) is 66.1 Å². The number of fused-ring (bicyclic) bond motifs is 1. The van der Waals surface area contributed by atoms with Gasteiger partial charge in [-0.3, -0.25) is 0 Å². The van der Waals surface area contributed by atoms with Crippen LogP contribution < -0.4 is 4.90 Å². The van der Waals surface area contributed by atoms with Gasteiger partial charge in [0, 0.05) is 26.2 Å². The van der Waals surface area contributed by atoms with Gasteiger partial charge >= 0.3 is 6.18 Å². The van der Waals surface area contributed by atoms with E-state index in [1.807, 2.05) is 11.0 Å². The second kappa shape index (κ2) is 8.25. The van der Waals surface area contributed by atoms with E-state index in [0.29, 0.717) is 51.5 Å². The van der Waals surface area contributed by atoms with Crippen molar-refractivity contribution in [3.05, 3.63) is 59.4 Å². The number of hydrogen-bond acceptors (Lipinski definition) is 4. The quantitative estimate of drug-likeness (QED) is 0.606. The van der Waals surface area contributed by atoms with Crippen LogP contribution in [0.1, 0.15) is 11.1 Å². The molecule has 2 aromatic carbocycles. The normalized spacial score (nSPS) is 25.8. The number of halogens is 4. The Morgan fingerprint density at radius 1 is 0.970 bits per heavy atom. The molecule has 2 unspecified atom stereocenters. The van der Waals surface area contributed by atoms with Crippen LogP contribution >= 0.6 is 0 Å². The highest BCUT2D eigenvalue weighted by Gasteiger charge is 2.57. The summed E-state index contributed by atoms with van der Waals surface area (Å²) in [6, 6.07) is 8.91. The average Bonchev–Trinajstić information content (AvgIpc) is 3.21. The van der Waals surface area contributed by atoms with E-state index in [1.165, 1.54) is 4.31 Å². The Hall–Kier alpha value is -2.17. The molecule has 0 radical (unpaired) electrons. The fraction of sp³-hybridized carbons (Fsp3) is 0.478. The topological polar surface area (TPSA) is 49.9 Å². The molecule has 0 N–H and O–H groups in total. The minimum atomic E-state index is -4.51. The first-order valence-corrected chi connectivity index (χ1v) is 12.4. The number of rotatable bonds is 5. The number of morpholine rings is 1.